The number of hydrogen-bond donors (Lipinski definition) is 2. The highest BCUT2D eigenvalue weighted by atomic mass is 19.4. The Hall–Kier alpha value is -2.22. The Kier molecular flexibility index (Phi) is 4.36. The molecule has 4 bridgehead atoms. The van der Waals surface area contributed by atoms with Gasteiger partial charge in [-0.3, -0.25) is 4.79 Å². The van der Waals surface area contributed by atoms with E-state index in [0.717, 1.165) is 19.3 Å². The molecule has 1 aromatic carbocycles. The number of H-pyrrole nitrogens is 1. The van der Waals surface area contributed by atoms with Crippen molar-refractivity contribution in [2.24, 2.45) is 5.92 Å². The van der Waals surface area contributed by atoms with Crippen LogP contribution in [0, 0.1) is 5.92 Å². The molecule has 4 fully saturated rings. The van der Waals surface area contributed by atoms with Gasteiger partial charge in [0.15, 0.2) is 0 Å². The molecule has 2 saturated heterocycles. The Morgan fingerprint density at radius 2 is 2.00 bits per heavy atom. The molecule has 1 amide bonds. The lowest BCUT2D eigenvalue weighted by atomic mass is 9.61. The lowest BCUT2D eigenvalue weighted by Crippen LogP contribution is -2.65. The van der Waals surface area contributed by atoms with E-state index in [1.54, 1.807) is 12.3 Å². The summed E-state index contributed by atoms with van der Waals surface area (Å²) in [7, 11) is 0. The molecule has 0 spiro atoms. The van der Waals surface area contributed by atoms with Crippen LogP contribution >= 0.6 is 0 Å². The predicted octanol–water partition coefficient (Wildman–Crippen LogP) is 4.46. The third-order valence-electron chi connectivity index (χ3n) is 7.12. The number of hydrogen-bond acceptors (Lipinski definition) is 3. The van der Waals surface area contributed by atoms with E-state index in [2.05, 4.69) is 9.72 Å². The first kappa shape index (κ1) is 19.7. The summed E-state index contributed by atoms with van der Waals surface area (Å²) in [5.74, 6) is -0.0228. The highest BCUT2D eigenvalue weighted by Gasteiger charge is 2.55. The number of fused-ring (bicyclic) bond motifs is 1. The molecule has 2 aliphatic heterocycles. The number of ether oxygens (including phenoxy) is 1. The maximum absolute atomic E-state index is 13.2. The zero-order valence-electron chi connectivity index (χ0n) is 16.7. The van der Waals surface area contributed by atoms with Crippen molar-refractivity contribution in [1.29, 1.82) is 0 Å². The Morgan fingerprint density at radius 3 is 2.63 bits per heavy atom. The summed E-state index contributed by atoms with van der Waals surface area (Å²) in [6.45, 7) is 1.86. The number of nitrogens with zero attached hydrogens (tertiary/aromatic N) is 1. The highest BCUT2D eigenvalue weighted by molar-refractivity contribution is 5.90. The van der Waals surface area contributed by atoms with Crippen LogP contribution in [-0.2, 0) is 4.79 Å². The number of nitrogens with one attached hydrogen (secondary N) is 1. The molecule has 4 aliphatic rings. The van der Waals surface area contributed by atoms with Gasteiger partial charge >= 0.3 is 6.36 Å². The first-order valence-electron chi connectivity index (χ1n) is 10.5. The van der Waals surface area contributed by atoms with Crippen molar-refractivity contribution in [2.45, 2.75) is 75.4 Å². The molecule has 1 aromatic heterocycles. The van der Waals surface area contributed by atoms with E-state index in [1.807, 2.05) is 11.8 Å². The topological polar surface area (TPSA) is 65.6 Å². The molecule has 8 heteroatoms. The minimum absolute atomic E-state index is 0.0171. The number of rotatable bonds is 4. The summed E-state index contributed by atoms with van der Waals surface area (Å²) in [5.41, 5.74) is 0.560. The van der Waals surface area contributed by atoms with E-state index in [4.69, 9.17) is 0 Å². The Morgan fingerprint density at radius 1 is 1.30 bits per heavy atom. The second-order valence-electron chi connectivity index (χ2n) is 9.36. The lowest BCUT2D eigenvalue weighted by Gasteiger charge is -2.59. The molecule has 2 saturated carbocycles. The van der Waals surface area contributed by atoms with Gasteiger partial charge in [-0.25, -0.2) is 0 Å². The van der Waals surface area contributed by atoms with E-state index in [0.29, 0.717) is 35.2 Å². The van der Waals surface area contributed by atoms with Crippen molar-refractivity contribution in [3.8, 4) is 5.75 Å². The number of carbonyl (C=O) groups excluding carboxylic acids is 1. The molecular formula is C22H25F3N2O3. The molecule has 3 unspecified atom stereocenters. The van der Waals surface area contributed by atoms with Gasteiger partial charge in [-0.05, 0) is 61.6 Å². The molecule has 5 nitrogen and oxygen atoms in total. The predicted molar refractivity (Wildman–Crippen MR) is 104 cm³/mol. The molecular weight excluding hydrogens is 397 g/mol. The van der Waals surface area contributed by atoms with Gasteiger partial charge in [0.05, 0.1) is 5.60 Å². The zero-order chi connectivity index (χ0) is 21.3. The number of amides is 1. The zero-order valence-corrected chi connectivity index (χ0v) is 16.7. The summed E-state index contributed by atoms with van der Waals surface area (Å²) in [5, 5.41) is 11.1. The van der Waals surface area contributed by atoms with Gasteiger partial charge in [-0.2, -0.15) is 0 Å². The van der Waals surface area contributed by atoms with Gasteiger partial charge in [-0.15, -0.1) is 13.2 Å². The van der Waals surface area contributed by atoms with Crippen LogP contribution in [0.4, 0.5) is 13.2 Å². The van der Waals surface area contributed by atoms with Crippen molar-refractivity contribution in [2.75, 3.05) is 0 Å². The van der Waals surface area contributed by atoms with Gasteiger partial charge in [0, 0.05) is 35.6 Å². The average molecular weight is 422 g/mol. The molecule has 6 rings (SSSR count). The largest absolute Gasteiger partial charge is 0.573 e. The van der Waals surface area contributed by atoms with Crippen LogP contribution < -0.4 is 4.74 Å². The number of aromatic amines is 1. The van der Waals surface area contributed by atoms with Crippen LogP contribution in [0.5, 0.6) is 5.75 Å². The summed E-state index contributed by atoms with van der Waals surface area (Å²) in [6, 6.07) is 4.65. The van der Waals surface area contributed by atoms with E-state index in [1.165, 1.54) is 12.1 Å². The second-order valence-corrected chi connectivity index (χ2v) is 9.36. The first-order valence-corrected chi connectivity index (χ1v) is 10.5. The SMILES string of the molecule is CC(CC(=O)N1C2CC3CC1CC(O)(C3)C2)c1c[nH]c2cccc(OC(F)(F)F)c12. The van der Waals surface area contributed by atoms with E-state index < -0.39 is 12.0 Å². The molecule has 3 atom stereocenters. The normalized spacial score (nSPS) is 31.4. The molecule has 30 heavy (non-hydrogen) atoms. The van der Waals surface area contributed by atoms with Gasteiger partial charge in [0.2, 0.25) is 5.91 Å². The number of benzene rings is 1. The quantitative estimate of drug-likeness (QED) is 0.764. The Balaban J connectivity index is 1.38. The van der Waals surface area contributed by atoms with Crippen molar-refractivity contribution in [3.05, 3.63) is 30.0 Å². The molecule has 162 valence electrons. The van der Waals surface area contributed by atoms with Crippen molar-refractivity contribution in [1.82, 2.24) is 9.88 Å². The number of piperidine rings is 2. The van der Waals surface area contributed by atoms with Crippen molar-refractivity contribution in [3.63, 3.8) is 0 Å². The summed E-state index contributed by atoms with van der Waals surface area (Å²) < 4.78 is 42.8. The molecule has 2 N–H and O–H groups in total. The minimum Gasteiger partial charge on any atom is -0.405 e. The molecule has 2 aromatic rings. The fourth-order valence-electron chi connectivity index (χ4n) is 6.25. The fourth-order valence-corrected chi connectivity index (χ4v) is 6.25. The van der Waals surface area contributed by atoms with Gasteiger partial charge in [0.25, 0.3) is 0 Å². The lowest BCUT2D eigenvalue weighted by molar-refractivity contribution is -0.274. The van der Waals surface area contributed by atoms with Crippen LogP contribution in [0.1, 0.15) is 56.9 Å². The minimum atomic E-state index is -4.78. The van der Waals surface area contributed by atoms with E-state index >= 15 is 0 Å². The number of carbonyl (C=O) groups is 1. The van der Waals surface area contributed by atoms with E-state index in [-0.39, 0.29) is 36.1 Å². The van der Waals surface area contributed by atoms with Gasteiger partial charge in [-0.1, -0.05) is 13.0 Å². The third-order valence-corrected chi connectivity index (χ3v) is 7.12. The Labute approximate surface area is 172 Å². The van der Waals surface area contributed by atoms with E-state index in [9.17, 15) is 23.1 Å². The number of aromatic nitrogens is 1. The smallest absolute Gasteiger partial charge is 0.405 e. The van der Waals surface area contributed by atoms with Crippen LogP contribution in [0.3, 0.4) is 0 Å². The van der Waals surface area contributed by atoms with Gasteiger partial charge < -0.3 is 19.7 Å². The number of aliphatic hydroxyl groups is 1. The van der Waals surface area contributed by atoms with Crippen LogP contribution in [0.15, 0.2) is 24.4 Å². The number of halogens is 3. The standard InChI is InChI=1S/C22H25F3N2O3/c1-12(16-11-26-17-3-2-4-18(20(16)17)30-22(23,24)25)5-19(28)27-14-6-13-7-15(27)10-21(29,8-13)9-14/h2-4,11-15,26,29H,5-10H2,1H3. The third kappa shape index (κ3) is 3.35. The molecule has 3 heterocycles. The van der Waals surface area contributed by atoms with Crippen LogP contribution in [0.25, 0.3) is 10.9 Å². The fraction of sp³-hybridized carbons (Fsp3) is 0.591. The number of alkyl halides is 3. The van der Waals surface area contributed by atoms with Gasteiger partial charge in [0.1, 0.15) is 5.75 Å². The maximum Gasteiger partial charge on any atom is 0.573 e. The first-order chi connectivity index (χ1) is 14.1. The highest BCUT2D eigenvalue weighted by Crippen LogP contribution is 2.51. The van der Waals surface area contributed by atoms with Crippen molar-refractivity contribution < 1.29 is 27.8 Å². The summed E-state index contributed by atoms with van der Waals surface area (Å²) in [4.78, 5) is 18.2. The Bertz CT molecular complexity index is 970. The molecule has 0 radical (unpaired) electrons. The maximum atomic E-state index is 13.2. The van der Waals surface area contributed by atoms with Crippen LogP contribution in [0.2, 0.25) is 0 Å². The van der Waals surface area contributed by atoms with Crippen LogP contribution in [-0.4, -0.2) is 44.9 Å². The summed E-state index contributed by atoms with van der Waals surface area (Å²) in [6.07, 6.45) is 1.09. The van der Waals surface area contributed by atoms with Crippen molar-refractivity contribution >= 4 is 16.8 Å². The summed E-state index contributed by atoms with van der Waals surface area (Å²) >= 11 is 0. The second kappa shape index (κ2) is 6.64. The average Bonchev–Trinajstić information content (AvgIpc) is 3.04. The molecule has 2 aliphatic carbocycles. The monoisotopic (exact) mass is 422 g/mol.